The van der Waals surface area contributed by atoms with Crippen molar-refractivity contribution in [3.63, 3.8) is 0 Å². The van der Waals surface area contributed by atoms with E-state index in [4.69, 9.17) is 4.74 Å². The predicted octanol–water partition coefficient (Wildman–Crippen LogP) is 2.90. The lowest BCUT2D eigenvalue weighted by Crippen LogP contribution is -2.22. The standard InChI is InChI=1S/C16H17NO3/c1-13(18)8-4-3-7-11-17-15(12-20-16(17)19)14-9-5-2-6-10-14/h2,5-6,9-10,15H,3-4,8,12H2,1H3/t15-/m0/s1. The van der Waals surface area contributed by atoms with Gasteiger partial charge in [-0.15, -0.1) is 0 Å². The lowest BCUT2D eigenvalue weighted by atomic mass is 10.1. The van der Waals surface area contributed by atoms with Crippen molar-refractivity contribution < 1.29 is 14.3 Å². The molecular formula is C16H17NO3. The molecule has 1 atom stereocenters. The number of amides is 1. The topological polar surface area (TPSA) is 46.6 Å². The lowest BCUT2D eigenvalue weighted by molar-refractivity contribution is -0.117. The summed E-state index contributed by atoms with van der Waals surface area (Å²) in [7, 11) is 0. The molecule has 20 heavy (non-hydrogen) atoms. The SMILES string of the molecule is CC(=O)CCCC#CN1C(=O)OC[C@H]1c1ccccc1. The van der Waals surface area contributed by atoms with E-state index >= 15 is 0 Å². The lowest BCUT2D eigenvalue weighted by Gasteiger charge is -2.14. The Hall–Kier alpha value is -2.28. The fourth-order valence-corrected chi connectivity index (χ4v) is 2.03. The van der Waals surface area contributed by atoms with Gasteiger partial charge in [0.15, 0.2) is 0 Å². The Bertz CT molecular complexity index is 542. The highest BCUT2D eigenvalue weighted by atomic mass is 16.6. The van der Waals surface area contributed by atoms with E-state index in [0.29, 0.717) is 19.4 Å². The zero-order chi connectivity index (χ0) is 14.4. The normalized spacial score (nSPS) is 17.4. The first-order valence-electron chi connectivity index (χ1n) is 6.67. The van der Waals surface area contributed by atoms with Gasteiger partial charge in [0.1, 0.15) is 18.4 Å². The van der Waals surface area contributed by atoms with Crippen molar-refractivity contribution in [2.75, 3.05) is 6.61 Å². The quantitative estimate of drug-likeness (QED) is 0.625. The first-order valence-corrected chi connectivity index (χ1v) is 6.67. The van der Waals surface area contributed by atoms with Crippen LogP contribution in [0.4, 0.5) is 4.79 Å². The van der Waals surface area contributed by atoms with Crippen LogP contribution in [0.5, 0.6) is 0 Å². The van der Waals surface area contributed by atoms with Gasteiger partial charge in [-0.2, -0.15) is 0 Å². The predicted molar refractivity (Wildman–Crippen MR) is 74.7 cm³/mol. The number of rotatable bonds is 4. The maximum Gasteiger partial charge on any atom is 0.422 e. The van der Waals surface area contributed by atoms with Gasteiger partial charge >= 0.3 is 6.09 Å². The Kier molecular flexibility index (Phi) is 4.78. The number of benzene rings is 1. The Morgan fingerprint density at radius 3 is 2.85 bits per heavy atom. The number of hydrogen-bond donors (Lipinski definition) is 0. The summed E-state index contributed by atoms with van der Waals surface area (Å²) in [6.07, 6.45) is 1.45. The van der Waals surface area contributed by atoms with E-state index in [1.165, 1.54) is 4.90 Å². The molecule has 0 N–H and O–H groups in total. The van der Waals surface area contributed by atoms with Crippen LogP contribution in [0.1, 0.15) is 37.8 Å². The second-order valence-electron chi connectivity index (χ2n) is 4.72. The first-order chi connectivity index (χ1) is 9.68. The Morgan fingerprint density at radius 2 is 2.15 bits per heavy atom. The summed E-state index contributed by atoms with van der Waals surface area (Å²) in [6.45, 7) is 1.89. The molecule has 1 aliphatic rings. The molecule has 0 aromatic heterocycles. The number of cyclic esters (lactones) is 1. The number of hydrogen-bond acceptors (Lipinski definition) is 3. The van der Waals surface area contributed by atoms with Gasteiger partial charge < -0.3 is 9.53 Å². The molecule has 4 nitrogen and oxygen atoms in total. The fourth-order valence-electron chi connectivity index (χ4n) is 2.03. The van der Waals surface area contributed by atoms with Crippen molar-refractivity contribution in [1.82, 2.24) is 4.90 Å². The molecule has 0 aliphatic carbocycles. The van der Waals surface area contributed by atoms with Crippen LogP contribution < -0.4 is 0 Å². The maximum atomic E-state index is 11.7. The van der Waals surface area contributed by atoms with Crippen molar-refractivity contribution in [3.05, 3.63) is 35.9 Å². The minimum atomic E-state index is -0.405. The number of Topliss-reactive ketones (excluding diaryl/α,β-unsaturated/α-hetero) is 1. The molecule has 0 radical (unpaired) electrons. The molecule has 1 fully saturated rings. The molecule has 1 aromatic rings. The van der Waals surface area contributed by atoms with E-state index in [1.807, 2.05) is 30.3 Å². The van der Waals surface area contributed by atoms with E-state index < -0.39 is 6.09 Å². The average Bonchev–Trinajstić information content (AvgIpc) is 2.80. The highest BCUT2D eigenvalue weighted by molar-refractivity contribution is 5.75. The third-order valence-electron chi connectivity index (χ3n) is 3.09. The summed E-state index contributed by atoms with van der Waals surface area (Å²) in [5.74, 6) is 3.10. The van der Waals surface area contributed by atoms with Gasteiger partial charge in [0.05, 0.1) is 0 Å². The molecular weight excluding hydrogens is 254 g/mol. The van der Waals surface area contributed by atoms with E-state index in [9.17, 15) is 9.59 Å². The second kappa shape index (κ2) is 6.76. The molecule has 2 rings (SSSR count). The highest BCUT2D eigenvalue weighted by Gasteiger charge is 2.33. The molecule has 1 aromatic carbocycles. The molecule has 1 amide bonds. The minimum absolute atomic E-state index is 0.149. The third kappa shape index (κ3) is 3.61. The van der Waals surface area contributed by atoms with Crippen molar-refractivity contribution in [1.29, 1.82) is 0 Å². The van der Waals surface area contributed by atoms with Gasteiger partial charge in [0.2, 0.25) is 0 Å². The van der Waals surface area contributed by atoms with Crippen molar-refractivity contribution in [2.24, 2.45) is 0 Å². The molecule has 1 heterocycles. The Morgan fingerprint density at radius 1 is 1.40 bits per heavy atom. The maximum absolute atomic E-state index is 11.7. The van der Waals surface area contributed by atoms with Crippen LogP contribution in [0, 0.1) is 12.0 Å². The second-order valence-corrected chi connectivity index (χ2v) is 4.72. The number of carbonyl (C=O) groups excluding carboxylic acids is 2. The van der Waals surface area contributed by atoms with Crippen LogP contribution in [-0.4, -0.2) is 23.4 Å². The van der Waals surface area contributed by atoms with Gasteiger partial charge in [-0.25, -0.2) is 9.69 Å². The smallest absolute Gasteiger partial charge is 0.422 e. The van der Waals surface area contributed by atoms with Gasteiger partial charge in [0, 0.05) is 18.9 Å². The van der Waals surface area contributed by atoms with Crippen LogP contribution in [0.3, 0.4) is 0 Å². The van der Waals surface area contributed by atoms with Gasteiger partial charge in [-0.3, -0.25) is 0 Å². The molecule has 0 bridgehead atoms. The number of nitrogens with zero attached hydrogens (tertiary/aromatic N) is 1. The summed E-state index contributed by atoms with van der Waals surface area (Å²) in [6, 6.07) is 12.4. The van der Waals surface area contributed by atoms with Crippen LogP contribution in [0.15, 0.2) is 30.3 Å². The summed E-state index contributed by atoms with van der Waals surface area (Å²) in [4.78, 5) is 23.9. The minimum Gasteiger partial charge on any atom is -0.446 e. The fraction of sp³-hybridized carbons (Fsp3) is 0.375. The van der Waals surface area contributed by atoms with Crippen LogP contribution in [0.25, 0.3) is 0 Å². The average molecular weight is 271 g/mol. The summed E-state index contributed by atoms with van der Waals surface area (Å²) in [5, 5.41) is 0. The van der Waals surface area contributed by atoms with Crippen molar-refractivity contribution in [2.45, 2.75) is 32.2 Å². The molecule has 104 valence electrons. The first kappa shape index (κ1) is 14.1. The largest absolute Gasteiger partial charge is 0.446 e. The third-order valence-corrected chi connectivity index (χ3v) is 3.09. The Labute approximate surface area is 118 Å². The number of carbonyl (C=O) groups is 2. The molecule has 4 heteroatoms. The van der Waals surface area contributed by atoms with Gasteiger partial charge in [-0.1, -0.05) is 36.3 Å². The molecule has 0 saturated carbocycles. The van der Waals surface area contributed by atoms with Crippen LogP contribution in [0.2, 0.25) is 0 Å². The van der Waals surface area contributed by atoms with E-state index in [-0.39, 0.29) is 11.8 Å². The molecule has 1 aliphatic heterocycles. The van der Waals surface area contributed by atoms with Gasteiger partial charge in [0.25, 0.3) is 0 Å². The van der Waals surface area contributed by atoms with Crippen molar-refractivity contribution >= 4 is 11.9 Å². The molecule has 0 unspecified atom stereocenters. The van der Waals surface area contributed by atoms with Crippen LogP contribution in [-0.2, 0) is 9.53 Å². The van der Waals surface area contributed by atoms with Crippen molar-refractivity contribution in [3.8, 4) is 12.0 Å². The zero-order valence-corrected chi connectivity index (χ0v) is 11.5. The number of ketones is 1. The van der Waals surface area contributed by atoms with Gasteiger partial charge in [-0.05, 0) is 18.9 Å². The summed E-state index contributed by atoms with van der Waals surface area (Å²) < 4.78 is 5.06. The number of ether oxygens (including phenoxy) is 1. The summed E-state index contributed by atoms with van der Waals surface area (Å²) in [5.41, 5.74) is 1.01. The highest BCUT2D eigenvalue weighted by Crippen LogP contribution is 2.26. The Balaban J connectivity index is 1.99. The van der Waals surface area contributed by atoms with E-state index in [2.05, 4.69) is 12.0 Å². The van der Waals surface area contributed by atoms with E-state index in [0.717, 1.165) is 12.0 Å². The number of unbranched alkanes of at least 4 members (excludes halogenated alkanes) is 1. The van der Waals surface area contributed by atoms with Crippen LogP contribution >= 0.6 is 0 Å². The molecule has 0 spiro atoms. The monoisotopic (exact) mass is 271 g/mol. The molecule has 1 saturated heterocycles. The zero-order valence-electron chi connectivity index (χ0n) is 11.5. The van der Waals surface area contributed by atoms with E-state index in [1.54, 1.807) is 6.92 Å². The summed E-state index contributed by atoms with van der Waals surface area (Å²) >= 11 is 0.